The molecule has 0 aliphatic carbocycles. The number of thiazole rings is 1. The summed E-state index contributed by atoms with van der Waals surface area (Å²) in [6, 6.07) is 7.11. The molecule has 102 valence electrons. The molecule has 0 amide bonds. The molecule has 4 nitrogen and oxygen atoms in total. The Morgan fingerprint density at radius 3 is 2.47 bits per heavy atom. The van der Waals surface area contributed by atoms with Crippen molar-refractivity contribution in [2.24, 2.45) is 0 Å². The summed E-state index contributed by atoms with van der Waals surface area (Å²) < 4.78 is 0. The fraction of sp³-hybridized carbons (Fsp3) is 0.308. The van der Waals surface area contributed by atoms with Gasteiger partial charge in [-0.25, -0.2) is 0 Å². The Balaban J connectivity index is 2.16. The molecule has 19 heavy (non-hydrogen) atoms. The monoisotopic (exact) mass is 297 g/mol. The number of hydrogen-bond acceptors (Lipinski definition) is 5. The van der Waals surface area contributed by atoms with Crippen LogP contribution in [0.1, 0.15) is 18.1 Å². The molecule has 2 rings (SSSR count). The zero-order chi connectivity index (χ0) is 13.8. The van der Waals surface area contributed by atoms with Crippen LogP contribution in [0.15, 0.2) is 34.4 Å². The molecule has 0 spiro atoms. The van der Waals surface area contributed by atoms with Gasteiger partial charge in [-0.1, -0.05) is 35.6 Å². The highest BCUT2D eigenvalue weighted by atomic mass is 32.1. The zero-order valence-corrected chi connectivity index (χ0v) is 11.8. The summed E-state index contributed by atoms with van der Waals surface area (Å²) in [4.78, 5) is 13.7. The average molecular weight is 297 g/mol. The maximum absolute atomic E-state index is 11.1. The Morgan fingerprint density at radius 1 is 1.26 bits per heavy atom. The second kappa shape index (κ2) is 6.38. The summed E-state index contributed by atoms with van der Waals surface area (Å²) in [5, 5.41) is 21.4. The lowest BCUT2D eigenvalue weighted by atomic mass is 10.0. The topological polar surface area (TPSA) is 73.3 Å². The van der Waals surface area contributed by atoms with Crippen molar-refractivity contribution in [2.75, 3.05) is 5.75 Å². The van der Waals surface area contributed by atoms with Gasteiger partial charge in [-0.3, -0.25) is 4.79 Å². The molecule has 0 bridgehead atoms. The van der Waals surface area contributed by atoms with Crippen LogP contribution in [-0.4, -0.2) is 27.1 Å². The van der Waals surface area contributed by atoms with E-state index in [0.29, 0.717) is 17.7 Å². The Kier molecular flexibility index (Phi) is 4.81. The van der Waals surface area contributed by atoms with Crippen LogP contribution in [0.5, 0.6) is 0 Å². The fourth-order valence-corrected chi connectivity index (χ4v) is 2.65. The Morgan fingerprint density at radius 2 is 1.95 bits per heavy atom. The highest BCUT2D eigenvalue weighted by Gasteiger charge is 2.17. The van der Waals surface area contributed by atoms with Gasteiger partial charge in [-0.2, -0.15) is 12.6 Å². The van der Waals surface area contributed by atoms with Gasteiger partial charge >= 0.3 is 4.87 Å². The number of benzene rings is 1. The highest BCUT2D eigenvalue weighted by Crippen LogP contribution is 2.23. The van der Waals surface area contributed by atoms with E-state index in [0.717, 1.165) is 22.6 Å². The van der Waals surface area contributed by atoms with E-state index < -0.39 is 12.2 Å². The number of rotatable bonds is 5. The lowest BCUT2D eigenvalue weighted by Gasteiger charge is -2.17. The number of nitrogens with one attached hydrogen (secondary N) is 1. The van der Waals surface area contributed by atoms with Crippen molar-refractivity contribution in [3.63, 3.8) is 0 Å². The van der Waals surface area contributed by atoms with Crippen LogP contribution in [0.25, 0.3) is 11.3 Å². The number of aromatic nitrogens is 1. The first-order chi connectivity index (χ1) is 9.11. The molecule has 1 aromatic carbocycles. The van der Waals surface area contributed by atoms with Gasteiger partial charge in [0.1, 0.15) is 6.10 Å². The second-order valence-electron chi connectivity index (χ2n) is 4.21. The highest BCUT2D eigenvalue weighted by molar-refractivity contribution is 7.80. The van der Waals surface area contributed by atoms with Crippen molar-refractivity contribution in [3.05, 3.63) is 44.9 Å². The van der Waals surface area contributed by atoms with Gasteiger partial charge in [0, 0.05) is 5.38 Å². The van der Waals surface area contributed by atoms with Crippen LogP contribution >= 0.6 is 24.0 Å². The van der Waals surface area contributed by atoms with E-state index in [1.807, 2.05) is 12.1 Å². The minimum absolute atomic E-state index is 0.0942. The van der Waals surface area contributed by atoms with Crippen LogP contribution in [-0.2, 0) is 0 Å². The molecule has 0 aliphatic heterocycles. The molecule has 2 atom stereocenters. The summed E-state index contributed by atoms with van der Waals surface area (Å²) in [6.45, 7) is 0. The van der Waals surface area contributed by atoms with Gasteiger partial charge in [0.05, 0.1) is 11.8 Å². The van der Waals surface area contributed by atoms with Crippen LogP contribution in [0.3, 0.4) is 0 Å². The number of aliphatic hydroxyl groups is 2. The number of aromatic amines is 1. The van der Waals surface area contributed by atoms with Crippen molar-refractivity contribution >= 4 is 24.0 Å². The van der Waals surface area contributed by atoms with E-state index in [2.05, 4.69) is 17.6 Å². The summed E-state index contributed by atoms with van der Waals surface area (Å²) in [5.74, 6) is 0.520. The molecule has 0 saturated heterocycles. The van der Waals surface area contributed by atoms with E-state index in [-0.39, 0.29) is 4.87 Å². The van der Waals surface area contributed by atoms with E-state index in [4.69, 9.17) is 0 Å². The van der Waals surface area contributed by atoms with Gasteiger partial charge in [0.15, 0.2) is 0 Å². The third-order valence-corrected chi connectivity index (χ3v) is 3.80. The predicted octanol–water partition coefficient (Wildman–Crippen LogP) is 1.82. The molecule has 0 aliphatic rings. The molecule has 3 N–H and O–H groups in total. The molecule has 2 aromatic rings. The molecule has 1 heterocycles. The largest absolute Gasteiger partial charge is 0.390 e. The first kappa shape index (κ1) is 14.3. The molecule has 6 heteroatoms. The summed E-state index contributed by atoms with van der Waals surface area (Å²) in [5.41, 5.74) is 2.28. The predicted molar refractivity (Wildman–Crippen MR) is 79.8 cm³/mol. The molecule has 2 unspecified atom stereocenters. The molecular formula is C13H15NO3S2. The second-order valence-corrected chi connectivity index (χ2v) is 5.50. The number of H-pyrrole nitrogens is 1. The maximum Gasteiger partial charge on any atom is 0.304 e. The van der Waals surface area contributed by atoms with Crippen LogP contribution in [0.4, 0.5) is 0 Å². The molecule has 0 fully saturated rings. The third-order valence-electron chi connectivity index (χ3n) is 2.87. The van der Waals surface area contributed by atoms with Gasteiger partial charge in [0.25, 0.3) is 0 Å². The quantitative estimate of drug-likeness (QED) is 0.636. The van der Waals surface area contributed by atoms with Gasteiger partial charge in [-0.05, 0) is 23.3 Å². The van der Waals surface area contributed by atoms with Crippen molar-refractivity contribution in [2.45, 2.75) is 18.6 Å². The molecule has 0 radical (unpaired) electrons. The minimum Gasteiger partial charge on any atom is -0.390 e. The average Bonchev–Trinajstić information content (AvgIpc) is 2.85. The number of hydrogen-bond donors (Lipinski definition) is 4. The Labute approximate surface area is 120 Å². The standard InChI is InChI=1S/C13H15NO3S2/c15-11(5-6-18)12(16)9-3-1-8(2-4-9)10-7-19-13(17)14-10/h1-4,7,11-12,15-16,18H,5-6H2,(H,14,17). The Hall–Kier alpha value is -1.08. The third kappa shape index (κ3) is 3.48. The van der Waals surface area contributed by atoms with Gasteiger partial charge in [0.2, 0.25) is 0 Å². The Bertz CT molecular complexity index is 576. The van der Waals surface area contributed by atoms with E-state index in [1.165, 1.54) is 0 Å². The van der Waals surface area contributed by atoms with Gasteiger partial charge < -0.3 is 15.2 Å². The van der Waals surface area contributed by atoms with Gasteiger partial charge in [-0.15, -0.1) is 0 Å². The molecule has 1 aromatic heterocycles. The smallest absolute Gasteiger partial charge is 0.304 e. The first-order valence-corrected chi connectivity index (χ1v) is 7.38. The normalized spacial score (nSPS) is 14.3. The van der Waals surface area contributed by atoms with Crippen molar-refractivity contribution in [1.82, 2.24) is 4.98 Å². The summed E-state index contributed by atoms with van der Waals surface area (Å²) >= 11 is 5.14. The number of aliphatic hydroxyl groups excluding tert-OH is 2. The summed E-state index contributed by atoms with van der Waals surface area (Å²) in [6.07, 6.45) is -1.30. The summed E-state index contributed by atoms with van der Waals surface area (Å²) in [7, 11) is 0. The maximum atomic E-state index is 11.1. The van der Waals surface area contributed by atoms with Crippen LogP contribution in [0.2, 0.25) is 0 Å². The van der Waals surface area contributed by atoms with Crippen molar-refractivity contribution in [1.29, 1.82) is 0 Å². The minimum atomic E-state index is -0.914. The fourth-order valence-electron chi connectivity index (χ4n) is 1.79. The van der Waals surface area contributed by atoms with Crippen molar-refractivity contribution in [3.8, 4) is 11.3 Å². The lowest BCUT2D eigenvalue weighted by Crippen LogP contribution is -2.18. The van der Waals surface area contributed by atoms with Crippen LogP contribution in [0, 0.1) is 0 Å². The van der Waals surface area contributed by atoms with Crippen LogP contribution < -0.4 is 4.87 Å². The van der Waals surface area contributed by atoms with E-state index in [1.54, 1.807) is 17.5 Å². The zero-order valence-electron chi connectivity index (χ0n) is 10.1. The van der Waals surface area contributed by atoms with Crippen molar-refractivity contribution < 1.29 is 10.2 Å². The lowest BCUT2D eigenvalue weighted by molar-refractivity contribution is 0.0172. The molecular weight excluding hydrogens is 282 g/mol. The molecule has 0 saturated carbocycles. The SMILES string of the molecule is O=c1[nH]c(-c2ccc(C(O)C(O)CCS)cc2)cs1. The van der Waals surface area contributed by atoms with E-state index in [9.17, 15) is 15.0 Å². The van der Waals surface area contributed by atoms with E-state index >= 15 is 0 Å². The number of thiol groups is 1. The first-order valence-electron chi connectivity index (χ1n) is 5.87.